The van der Waals surface area contributed by atoms with E-state index in [1.54, 1.807) is 0 Å². The topological polar surface area (TPSA) is 8.17 Å². The number of benzene rings is 11. The zero-order chi connectivity index (χ0) is 44.3. The molecule has 13 aromatic rings. The predicted octanol–water partition coefficient (Wildman–Crippen LogP) is 18.4. The summed E-state index contributed by atoms with van der Waals surface area (Å²) in [5.74, 6) is 0. The quantitative estimate of drug-likeness (QED) is 0.148. The molecule has 0 aliphatic rings. The van der Waals surface area contributed by atoms with Crippen LogP contribution in [0.4, 0.5) is 17.1 Å². The SMILES string of the molecule is c1ccc(-c2cccc3cccc(-c4ccccc4N(c4cccc(-c5ccc6c7ccccc7n(-c7ccccc7)c6c5)c4)c4ccccc4-c4cccc5c4sc4ccccc45)c23)cc1. The summed E-state index contributed by atoms with van der Waals surface area (Å²) in [5, 5.41) is 7.52. The summed E-state index contributed by atoms with van der Waals surface area (Å²) >= 11 is 1.88. The standard InChI is InChI=1S/C64H42N2S/c1-3-19-43(20-4-1)49-31-16-21-44-22-17-32-55(63(44)49)51-28-8-12-36-59(51)66(60-37-13-9-29-52(60)56-33-18-34-57-54-30-10-14-38-62(54)67-64(56)57)48-26-15-23-45(41-48)46-39-40-53-50-27-7-11-35-58(50)65(61(53)42-46)47-24-5-2-6-25-47/h1-42H. The number of nitrogens with zero attached hydrogens (tertiary/aromatic N) is 2. The smallest absolute Gasteiger partial charge is 0.0547 e. The van der Waals surface area contributed by atoms with E-state index in [9.17, 15) is 0 Å². The average Bonchev–Trinajstić information content (AvgIpc) is 3.95. The minimum atomic E-state index is 1.08. The molecule has 2 nitrogen and oxygen atoms in total. The normalized spacial score (nSPS) is 11.6. The Kier molecular flexibility index (Phi) is 9.40. The van der Waals surface area contributed by atoms with Gasteiger partial charge in [-0.3, -0.25) is 0 Å². The van der Waals surface area contributed by atoms with Crippen molar-refractivity contribution in [2.45, 2.75) is 0 Å². The summed E-state index contributed by atoms with van der Waals surface area (Å²) in [6, 6.07) is 93.3. The molecule has 11 aromatic carbocycles. The molecule has 314 valence electrons. The van der Waals surface area contributed by atoms with Crippen molar-refractivity contribution in [1.82, 2.24) is 4.57 Å². The Morgan fingerprint density at radius 2 is 0.881 bits per heavy atom. The van der Waals surface area contributed by atoms with Gasteiger partial charge in [0.25, 0.3) is 0 Å². The first-order chi connectivity index (χ1) is 33.3. The van der Waals surface area contributed by atoms with Crippen molar-refractivity contribution >= 4 is 81.1 Å². The third kappa shape index (κ3) is 6.55. The average molecular weight is 871 g/mol. The van der Waals surface area contributed by atoms with Gasteiger partial charge in [0, 0.05) is 59.0 Å². The molecule has 0 radical (unpaired) electrons. The summed E-state index contributed by atoms with van der Waals surface area (Å²) < 4.78 is 4.99. The molecule has 67 heavy (non-hydrogen) atoms. The van der Waals surface area contributed by atoms with Crippen LogP contribution in [-0.4, -0.2) is 4.57 Å². The molecule has 0 saturated heterocycles. The maximum absolute atomic E-state index is 2.50. The highest BCUT2D eigenvalue weighted by molar-refractivity contribution is 7.26. The van der Waals surface area contributed by atoms with E-state index >= 15 is 0 Å². The van der Waals surface area contributed by atoms with Gasteiger partial charge in [-0.25, -0.2) is 0 Å². The van der Waals surface area contributed by atoms with Crippen LogP contribution in [0.1, 0.15) is 0 Å². The molecule has 3 heteroatoms. The fourth-order valence-electron chi connectivity index (χ4n) is 10.4. The predicted molar refractivity (Wildman–Crippen MR) is 288 cm³/mol. The van der Waals surface area contributed by atoms with Gasteiger partial charge in [-0.1, -0.05) is 200 Å². The zero-order valence-corrected chi connectivity index (χ0v) is 37.4. The molecule has 2 aromatic heterocycles. The van der Waals surface area contributed by atoms with E-state index in [-0.39, 0.29) is 0 Å². The van der Waals surface area contributed by atoms with Crippen LogP contribution in [0.3, 0.4) is 0 Å². The lowest BCUT2D eigenvalue weighted by Gasteiger charge is -2.30. The molecule has 13 rings (SSSR count). The van der Waals surface area contributed by atoms with Gasteiger partial charge < -0.3 is 9.47 Å². The van der Waals surface area contributed by atoms with E-state index in [0.29, 0.717) is 0 Å². The third-order valence-electron chi connectivity index (χ3n) is 13.4. The molecular weight excluding hydrogens is 829 g/mol. The molecule has 0 fully saturated rings. The number of rotatable bonds is 8. The molecule has 0 saturated carbocycles. The second kappa shape index (κ2) is 16.2. The lowest BCUT2D eigenvalue weighted by Crippen LogP contribution is -2.12. The van der Waals surface area contributed by atoms with Crippen LogP contribution < -0.4 is 4.90 Å². The molecule has 0 amide bonds. The summed E-state index contributed by atoms with van der Waals surface area (Å²) in [6.45, 7) is 0. The Bertz CT molecular complexity index is 3990. The molecule has 0 unspecified atom stereocenters. The van der Waals surface area contributed by atoms with E-state index in [2.05, 4.69) is 264 Å². The van der Waals surface area contributed by atoms with Crippen molar-refractivity contribution in [3.63, 3.8) is 0 Å². The van der Waals surface area contributed by atoms with Gasteiger partial charge in [0.2, 0.25) is 0 Å². The van der Waals surface area contributed by atoms with Crippen LogP contribution in [0.2, 0.25) is 0 Å². The number of thiophene rings is 1. The van der Waals surface area contributed by atoms with Gasteiger partial charge in [-0.15, -0.1) is 11.3 Å². The van der Waals surface area contributed by atoms with E-state index in [1.165, 1.54) is 80.6 Å². The number of anilines is 3. The number of para-hydroxylation sites is 4. The minimum absolute atomic E-state index is 1.08. The van der Waals surface area contributed by atoms with E-state index in [1.807, 2.05) is 11.3 Å². The first-order valence-electron chi connectivity index (χ1n) is 22.9. The molecule has 0 aliphatic carbocycles. The highest BCUT2D eigenvalue weighted by Gasteiger charge is 2.24. The molecule has 0 spiro atoms. The molecule has 0 N–H and O–H groups in total. The van der Waals surface area contributed by atoms with Crippen LogP contribution in [-0.2, 0) is 0 Å². The number of aromatic nitrogens is 1. The maximum atomic E-state index is 2.50. The number of hydrogen-bond acceptors (Lipinski definition) is 2. The monoisotopic (exact) mass is 870 g/mol. The van der Waals surface area contributed by atoms with Crippen molar-refractivity contribution in [3.05, 3.63) is 255 Å². The highest BCUT2D eigenvalue weighted by Crippen LogP contribution is 2.50. The van der Waals surface area contributed by atoms with Crippen molar-refractivity contribution in [2.24, 2.45) is 0 Å². The second-order valence-electron chi connectivity index (χ2n) is 17.2. The van der Waals surface area contributed by atoms with Crippen molar-refractivity contribution in [3.8, 4) is 50.2 Å². The van der Waals surface area contributed by atoms with Gasteiger partial charge >= 0.3 is 0 Å². The molecular formula is C64H42N2S. The molecule has 2 heterocycles. The first-order valence-corrected chi connectivity index (χ1v) is 23.7. The van der Waals surface area contributed by atoms with E-state index in [0.717, 1.165) is 39.4 Å². The molecule has 0 atom stereocenters. The van der Waals surface area contributed by atoms with E-state index < -0.39 is 0 Å². The Balaban J connectivity index is 1.06. The van der Waals surface area contributed by atoms with Gasteiger partial charge in [-0.05, 0) is 93.2 Å². The largest absolute Gasteiger partial charge is 0.309 e. The van der Waals surface area contributed by atoms with Crippen LogP contribution in [0, 0.1) is 0 Å². The van der Waals surface area contributed by atoms with Crippen LogP contribution in [0.15, 0.2) is 255 Å². The fraction of sp³-hybridized carbons (Fsp3) is 0. The summed E-state index contributed by atoms with van der Waals surface area (Å²) in [4.78, 5) is 2.50. The van der Waals surface area contributed by atoms with Gasteiger partial charge in [-0.2, -0.15) is 0 Å². The Labute approximate surface area is 393 Å². The van der Waals surface area contributed by atoms with Crippen molar-refractivity contribution in [2.75, 3.05) is 4.90 Å². The van der Waals surface area contributed by atoms with Gasteiger partial charge in [0.1, 0.15) is 0 Å². The van der Waals surface area contributed by atoms with Crippen LogP contribution in [0.5, 0.6) is 0 Å². The lowest BCUT2D eigenvalue weighted by molar-refractivity contribution is 1.18. The number of hydrogen-bond donors (Lipinski definition) is 0. The number of fused-ring (bicyclic) bond motifs is 7. The second-order valence-corrected chi connectivity index (χ2v) is 18.2. The molecule has 0 bridgehead atoms. The Hall–Kier alpha value is -8.50. The lowest BCUT2D eigenvalue weighted by atomic mass is 9.90. The van der Waals surface area contributed by atoms with Crippen LogP contribution in [0.25, 0.3) is 103 Å². The Morgan fingerprint density at radius 3 is 1.69 bits per heavy atom. The third-order valence-corrected chi connectivity index (χ3v) is 14.6. The summed E-state index contributed by atoms with van der Waals surface area (Å²) in [7, 11) is 0. The zero-order valence-electron chi connectivity index (χ0n) is 36.6. The Morgan fingerprint density at radius 1 is 0.328 bits per heavy atom. The summed E-state index contributed by atoms with van der Waals surface area (Å²) in [5.41, 5.74) is 16.3. The van der Waals surface area contributed by atoms with E-state index in [4.69, 9.17) is 0 Å². The van der Waals surface area contributed by atoms with Gasteiger partial charge in [0.15, 0.2) is 0 Å². The molecule has 0 aliphatic heterocycles. The first kappa shape index (κ1) is 38.9. The van der Waals surface area contributed by atoms with Gasteiger partial charge in [0.05, 0.1) is 22.4 Å². The minimum Gasteiger partial charge on any atom is -0.309 e. The fourth-order valence-corrected chi connectivity index (χ4v) is 11.6. The van der Waals surface area contributed by atoms with Crippen LogP contribution >= 0.6 is 11.3 Å². The highest BCUT2D eigenvalue weighted by atomic mass is 32.1. The van der Waals surface area contributed by atoms with Crippen molar-refractivity contribution in [1.29, 1.82) is 0 Å². The van der Waals surface area contributed by atoms with Crippen molar-refractivity contribution < 1.29 is 0 Å². The summed E-state index contributed by atoms with van der Waals surface area (Å²) in [6.07, 6.45) is 0. The maximum Gasteiger partial charge on any atom is 0.0547 e.